The molecule has 15 heavy (non-hydrogen) atoms. The Morgan fingerprint density at radius 3 is 2.73 bits per heavy atom. The molecule has 0 N–H and O–H groups in total. The molecule has 0 fully saturated rings. The third kappa shape index (κ3) is 3.13. The summed E-state index contributed by atoms with van der Waals surface area (Å²) in [5.74, 6) is 1.21. The number of ether oxygens (including phenoxy) is 2. The second kappa shape index (κ2) is 5.86. The number of aldehydes is 1. The van der Waals surface area contributed by atoms with E-state index in [0.717, 1.165) is 6.29 Å². The van der Waals surface area contributed by atoms with Crippen molar-refractivity contribution in [2.75, 3.05) is 13.2 Å². The summed E-state index contributed by atoms with van der Waals surface area (Å²) in [6, 6.07) is 5.07. The van der Waals surface area contributed by atoms with Crippen molar-refractivity contribution in [1.29, 1.82) is 0 Å². The summed E-state index contributed by atoms with van der Waals surface area (Å²) >= 11 is 0. The quantitative estimate of drug-likeness (QED) is 0.529. The lowest BCUT2D eigenvalue weighted by Gasteiger charge is -2.10. The van der Waals surface area contributed by atoms with Crippen LogP contribution in [0.2, 0.25) is 0 Å². The highest BCUT2D eigenvalue weighted by Gasteiger charge is 2.05. The van der Waals surface area contributed by atoms with Gasteiger partial charge in [-0.25, -0.2) is 0 Å². The Labute approximate surface area is 89.3 Å². The highest BCUT2D eigenvalue weighted by atomic mass is 16.5. The first-order chi connectivity index (χ1) is 7.31. The lowest BCUT2D eigenvalue weighted by atomic mass is 10.2. The van der Waals surface area contributed by atoms with Crippen molar-refractivity contribution in [2.45, 2.75) is 6.92 Å². The topological polar surface area (TPSA) is 35.5 Å². The second-order valence-corrected chi connectivity index (χ2v) is 2.86. The molecule has 0 aromatic heterocycles. The van der Waals surface area contributed by atoms with E-state index in [1.54, 1.807) is 24.3 Å². The molecule has 0 heterocycles. The summed E-state index contributed by atoms with van der Waals surface area (Å²) in [6.45, 7) is 6.39. The zero-order valence-electron chi connectivity index (χ0n) is 8.73. The first kappa shape index (κ1) is 11.3. The van der Waals surface area contributed by atoms with E-state index in [0.29, 0.717) is 30.3 Å². The molecule has 0 aliphatic rings. The average molecular weight is 206 g/mol. The van der Waals surface area contributed by atoms with Gasteiger partial charge in [-0.05, 0) is 25.1 Å². The molecule has 0 aliphatic carbocycles. The fourth-order valence-corrected chi connectivity index (χ4v) is 1.13. The van der Waals surface area contributed by atoms with Gasteiger partial charge in [-0.2, -0.15) is 0 Å². The van der Waals surface area contributed by atoms with E-state index in [1.807, 2.05) is 6.92 Å². The van der Waals surface area contributed by atoms with Crippen molar-refractivity contribution in [3.8, 4) is 11.5 Å². The Hall–Kier alpha value is -1.77. The van der Waals surface area contributed by atoms with E-state index in [9.17, 15) is 4.79 Å². The Bertz CT molecular complexity index is 345. The molecule has 0 amide bonds. The molecular formula is C12H14O3. The van der Waals surface area contributed by atoms with Crippen molar-refractivity contribution in [2.24, 2.45) is 0 Å². The highest BCUT2D eigenvalue weighted by molar-refractivity contribution is 5.76. The van der Waals surface area contributed by atoms with E-state index >= 15 is 0 Å². The van der Waals surface area contributed by atoms with Gasteiger partial charge < -0.3 is 9.47 Å². The molecule has 0 saturated heterocycles. The van der Waals surface area contributed by atoms with Crippen LogP contribution < -0.4 is 9.47 Å². The third-order valence-electron chi connectivity index (χ3n) is 1.76. The van der Waals surface area contributed by atoms with Crippen LogP contribution in [0.25, 0.3) is 0 Å². The Morgan fingerprint density at radius 1 is 1.33 bits per heavy atom. The molecule has 3 nitrogen and oxygen atoms in total. The standard InChI is InChI=1S/C12H14O3/c1-3-7-15-11-6-5-10(9-13)8-12(11)14-4-2/h3,5-6,8-9H,1,4,7H2,2H3. The minimum Gasteiger partial charge on any atom is -0.490 e. The van der Waals surface area contributed by atoms with E-state index in [4.69, 9.17) is 9.47 Å². The summed E-state index contributed by atoms with van der Waals surface area (Å²) in [4.78, 5) is 10.6. The van der Waals surface area contributed by atoms with Crippen molar-refractivity contribution < 1.29 is 14.3 Å². The number of hydrogen-bond acceptors (Lipinski definition) is 3. The smallest absolute Gasteiger partial charge is 0.161 e. The van der Waals surface area contributed by atoms with Gasteiger partial charge >= 0.3 is 0 Å². The number of carbonyl (C=O) groups excluding carboxylic acids is 1. The predicted octanol–water partition coefficient (Wildman–Crippen LogP) is 2.46. The maximum Gasteiger partial charge on any atom is 0.161 e. The van der Waals surface area contributed by atoms with Crippen molar-refractivity contribution in [3.63, 3.8) is 0 Å². The Morgan fingerprint density at radius 2 is 2.13 bits per heavy atom. The molecule has 0 saturated carbocycles. The first-order valence-corrected chi connectivity index (χ1v) is 4.77. The largest absolute Gasteiger partial charge is 0.490 e. The number of hydrogen-bond donors (Lipinski definition) is 0. The first-order valence-electron chi connectivity index (χ1n) is 4.77. The van der Waals surface area contributed by atoms with Crippen molar-refractivity contribution in [3.05, 3.63) is 36.4 Å². The van der Waals surface area contributed by atoms with Gasteiger partial charge in [-0.3, -0.25) is 4.79 Å². The number of benzene rings is 1. The van der Waals surface area contributed by atoms with Crippen LogP contribution in [0.3, 0.4) is 0 Å². The lowest BCUT2D eigenvalue weighted by molar-refractivity contribution is 0.112. The molecule has 0 spiro atoms. The molecule has 1 aromatic carbocycles. The van der Waals surface area contributed by atoms with Gasteiger partial charge in [0.05, 0.1) is 6.61 Å². The second-order valence-electron chi connectivity index (χ2n) is 2.86. The zero-order chi connectivity index (χ0) is 11.1. The monoisotopic (exact) mass is 206 g/mol. The van der Waals surface area contributed by atoms with E-state index in [-0.39, 0.29) is 0 Å². The minimum atomic E-state index is 0.417. The number of carbonyl (C=O) groups is 1. The van der Waals surface area contributed by atoms with Gasteiger partial charge in [-0.15, -0.1) is 0 Å². The lowest BCUT2D eigenvalue weighted by Crippen LogP contribution is -1.99. The Balaban J connectivity index is 2.91. The predicted molar refractivity (Wildman–Crippen MR) is 58.7 cm³/mol. The molecule has 0 bridgehead atoms. The maximum absolute atomic E-state index is 10.6. The summed E-state index contributed by atoms with van der Waals surface area (Å²) in [5, 5.41) is 0. The van der Waals surface area contributed by atoms with Crippen LogP contribution in [0.1, 0.15) is 17.3 Å². The summed E-state index contributed by atoms with van der Waals surface area (Å²) in [5.41, 5.74) is 0.574. The highest BCUT2D eigenvalue weighted by Crippen LogP contribution is 2.27. The van der Waals surface area contributed by atoms with Crippen LogP contribution in [0.15, 0.2) is 30.9 Å². The fourth-order valence-electron chi connectivity index (χ4n) is 1.13. The van der Waals surface area contributed by atoms with E-state index in [1.165, 1.54) is 0 Å². The zero-order valence-corrected chi connectivity index (χ0v) is 8.73. The van der Waals surface area contributed by atoms with E-state index < -0.39 is 0 Å². The molecule has 80 valence electrons. The minimum absolute atomic E-state index is 0.417. The van der Waals surface area contributed by atoms with Gasteiger partial charge in [0.2, 0.25) is 0 Å². The number of rotatable bonds is 6. The van der Waals surface area contributed by atoms with Crippen molar-refractivity contribution >= 4 is 6.29 Å². The molecule has 1 aromatic rings. The fraction of sp³-hybridized carbons (Fsp3) is 0.250. The maximum atomic E-state index is 10.6. The molecule has 0 unspecified atom stereocenters. The molecule has 0 atom stereocenters. The third-order valence-corrected chi connectivity index (χ3v) is 1.76. The van der Waals surface area contributed by atoms with Gasteiger partial charge in [0.1, 0.15) is 12.9 Å². The van der Waals surface area contributed by atoms with Crippen LogP contribution in [0.4, 0.5) is 0 Å². The van der Waals surface area contributed by atoms with Crippen LogP contribution in [-0.4, -0.2) is 19.5 Å². The molecular weight excluding hydrogens is 192 g/mol. The Kier molecular flexibility index (Phi) is 4.41. The van der Waals surface area contributed by atoms with Gasteiger partial charge in [0.15, 0.2) is 11.5 Å². The molecule has 0 aliphatic heterocycles. The molecule has 0 radical (unpaired) electrons. The van der Waals surface area contributed by atoms with Gasteiger partial charge in [0, 0.05) is 5.56 Å². The van der Waals surface area contributed by atoms with Crippen LogP contribution in [0.5, 0.6) is 11.5 Å². The van der Waals surface area contributed by atoms with E-state index in [2.05, 4.69) is 6.58 Å². The van der Waals surface area contributed by atoms with Crippen LogP contribution in [0, 0.1) is 0 Å². The summed E-state index contributed by atoms with van der Waals surface area (Å²) in [6.07, 6.45) is 2.43. The SMILES string of the molecule is C=CCOc1ccc(C=O)cc1OCC. The normalized spacial score (nSPS) is 9.40. The van der Waals surface area contributed by atoms with Crippen LogP contribution in [-0.2, 0) is 0 Å². The van der Waals surface area contributed by atoms with Crippen molar-refractivity contribution in [1.82, 2.24) is 0 Å². The average Bonchev–Trinajstić information content (AvgIpc) is 2.27. The molecule has 3 heteroatoms. The van der Waals surface area contributed by atoms with Crippen LogP contribution >= 0.6 is 0 Å². The van der Waals surface area contributed by atoms with Gasteiger partial charge in [-0.1, -0.05) is 12.7 Å². The summed E-state index contributed by atoms with van der Waals surface area (Å²) in [7, 11) is 0. The summed E-state index contributed by atoms with van der Waals surface area (Å²) < 4.78 is 10.7. The van der Waals surface area contributed by atoms with Gasteiger partial charge in [0.25, 0.3) is 0 Å². The molecule has 1 rings (SSSR count).